The zero-order chi connectivity index (χ0) is 25.0. The van der Waals surface area contributed by atoms with Gasteiger partial charge in [0.15, 0.2) is 6.61 Å². The number of benzene rings is 3. The zero-order valence-corrected chi connectivity index (χ0v) is 20.5. The normalized spacial score (nSPS) is 15.5. The van der Waals surface area contributed by atoms with Crippen LogP contribution in [0.15, 0.2) is 71.6 Å². The average molecular weight is 496 g/mol. The van der Waals surface area contributed by atoms with Gasteiger partial charge in [0.05, 0.1) is 11.0 Å². The lowest BCUT2D eigenvalue weighted by molar-refractivity contribution is -0.139. The van der Waals surface area contributed by atoms with Crippen LogP contribution < -0.4 is 14.2 Å². The van der Waals surface area contributed by atoms with Crippen molar-refractivity contribution >= 4 is 16.0 Å². The minimum absolute atomic E-state index is 0.0635. The van der Waals surface area contributed by atoms with E-state index in [1.807, 2.05) is 44.2 Å². The molecule has 0 bridgehead atoms. The molecule has 1 aliphatic rings. The monoisotopic (exact) mass is 495 g/mol. The largest absolute Gasteiger partial charge is 0.491 e. The first-order valence-electron chi connectivity index (χ1n) is 11.6. The first kappa shape index (κ1) is 24.8. The van der Waals surface area contributed by atoms with Crippen LogP contribution in [0, 0.1) is 0 Å². The number of aliphatic carboxylic acids is 1. The van der Waals surface area contributed by atoms with E-state index in [-0.39, 0.29) is 11.0 Å². The van der Waals surface area contributed by atoms with Crippen molar-refractivity contribution in [2.24, 2.45) is 0 Å². The molecular formula is C27H29NO6S. The summed E-state index contributed by atoms with van der Waals surface area (Å²) in [7, 11) is -3.77. The van der Waals surface area contributed by atoms with E-state index in [0.717, 1.165) is 34.4 Å². The van der Waals surface area contributed by atoms with Crippen LogP contribution in [-0.4, -0.2) is 32.2 Å². The van der Waals surface area contributed by atoms with Crippen LogP contribution in [0.1, 0.15) is 43.9 Å². The smallest absolute Gasteiger partial charge is 0.341 e. The highest BCUT2D eigenvalue weighted by Gasteiger charge is 2.27. The van der Waals surface area contributed by atoms with Crippen LogP contribution in [-0.2, 0) is 21.2 Å². The van der Waals surface area contributed by atoms with Gasteiger partial charge in [-0.05, 0) is 85.7 Å². The number of nitrogens with one attached hydrogen (secondary N) is 1. The molecule has 0 unspecified atom stereocenters. The molecule has 0 fully saturated rings. The Morgan fingerprint density at radius 1 is 1.06 bits per heavy atom. The second-order valence-electron chi connectivity index (χ2n) is 8.79. The Hall–Kier alpha value is -3.36. The highest BCUT2D eigenvalue weighted by Crippen LogP contribution is 2.36. The molecule has 0 radical (unpaired) electrons. The van der Waals surface area contributed by atoms with Crippen molar-refractivity contribution in [3.05, 3.63) is 77.9 Å². The van der Waals surface area contributed by atoms with Gasteiger partial charge in [-0.1, -0.05) is 36.4 Å². The minimum Gasteiger partial charge on any atom is -0.491 e. The predicted octanol–water partition coefficient (Wildman–Crippen LogP) is 4.96. The molecule has 35 heavy (non-hydrogen) atoms. The van der Waals surface area contributed by atoms with Crippen molar-refractivity contribution in [1.82, 2.24) is 4.72 Å². The molecule has 4 rings (SSSR count). The molecule has 2 N–H and O–H groups in total. The van der Waals surface area contributed by atoms with Gasteiger partial charge in [0.25, 0.3) is 0 Å². The summed E-state index contributed by atoms with van der Waals surface area (Å²) in [6.07, 6.45) is 2.18. The fourth-order valence-corrected chi connectivity index (χ4v) is 5.57. The van der Waals surface area contributed by atoms with Gasteiger partial charge >= 0.3 is 5.97 Å². The van der Waals surface area contributed by atoms with E-state index in [1.165, 1.54) is 0 Å². The molecule has 7 nitrogen and oxygen atoms in total. The molecule has 184 valence electrons. The summed E-state index contributed by atoms with van der Waals surface area (Å²) in [6, 6.07) is 19.4. The van der Waals surface area contributed by atoms with Gasteiger partial charge in [-0.25, -0.2) is 17.9 Å². The summed E-state index contributed by atoms with van der Waals surface area (Å²) in [5, 5.41) is 8.93. The first-order valence-corrected chi connectivity index (χ1v) is 13.1. The Bertz CT molecular complexity index is 1300. The van der Waals surface area contributed by atoms with E-state index in [2.05, 4.69) is 4.72 Å². The molecule has 1 aliphatic carbocycles. The average Bonchev–Trinajstić information content (AvgIpc) is 2.82. The van der Waals surface area contributed by atoms with Crippen molar-refractivity contribution in [2.45, 2.75) is 50.2 Å². The van der Waals surface area contributed by atoms with E-state index >= 15 is 0 Å². The van der Waals surface area contributed by atoms with Crippen LogP contribution in [0.3, 0.4) is 0 Å². The van der Waals surface area contributed by atoms with Crippen molar-refractivity contribution in [3.8, 4) is 22.6 Å². The number of hydrogen-bond donors (Lipinski definition) is 2. The molecule has 1 atom stereocenters. The van der Waals surface area contributed by atoms with Crippen molar-refractivity contribution < 1.29 is 27.8 Å². The maximum atomic E-state index is 13.2. The molecule has 0 amide bonds. The Morgan fingerprint density at radius 3 is 2.51 bits per heavy atom. The number of hydrogen-bond acceptors (Lipinski definition) is 5. The molecule has 0 spiro atoms. The fraction of sp³-hybridized carbons (Fsp3) is 0.296. The molecule has 0 aromatic heterocycles. The van der Waals surface area contributed by atoms with Gasteiger partial charge in [0.2, 0.25) is 10.0 Å². The van der Waals surface area contributed by atoms with E-state index in [4.69, 9.17) is 14.6 Å². The number of carbonyl (C=O) groups is 1. The van der Waals surface area contributed by atoms with Crippen molar-refractivity contribution in [3.63, 3.8) is 0 Å². The van der Waals surface area contributed by atoms with Crippen LogP contribution in [0.5, 0.6) is 11.5 Å². The maximum absolute atomic E-state index is 13.2. The van der Waals surface area contributed by atoms with Gasteiger partial charge in [-0.2, -0.15) is 0 Å². The lowest BCUT2D eigenvalue weighted by Crippen LogP contribution is -2.31. The molecule has 0 heterocycles. The summed E-state index contributed by atoms with van der Waals surface area (Å²) >= 11 is 0. The number of sulfonamides is 1. The number of carboxylic acid groups (broad SMARTS) is 1. The van der Waals surface area contributed by atoms with E-state index in [0.29, 0.717) is 18.6 Å². The number of carboxylic acids is 1. The fourth-order valence-electron chi connectivity index (χ4n) is 4.32. The summed E-state index contributed by atoms with van der Waals surface area (Å²) < 4.78 is 40.4. The molecular weight excluding hydrogens is 466 g/mol. The third-order valence-corrected chi connectivity index (χ3v) is 7.30. The standard InChI is InChI=1S/C27H29NO6S/c1-18(2)34-21-7-3-6-20(16-21)19-12-14-22(15-13-19)35(31,32)28-25-10-4-9-24-23(25)8-5-11-26(24)33-17-27(29)30/h3,5-8,11-16,18,25,28H,4,9-10,17H2,1-2H3,(H,29,30)/t25-/m1/s1. The van der Waals surface area contributed by atoms with Crippen LogP contribution in [0.2, 0.25) is 0 Å². The van der Waals surface area contributed by atoms with Crippen LogP contribution in [0.4, 0.5) is 0 Å². The Kier molecular flexibility index (Phi) is 7.42. The molecule has 0 saturated carbocycles. The first-order chi connectivity index (χ1) is 16.7. The van der Waals surface area contributed by atoms with Gasteiger partial charge in [-0.15, -0.1) is 0 Å². The maximum Gasteiger partial charge on any atom is 0.341 e. The lowest BCUT2D eigenvalue weighted by atomic mass is 9.87. The third kappa shape index (κ3) is 6.01. The third-order valence-electron chi connectivity index (χ3n) is 5.82. The molecule has 0 saturated heterocycles. The molecule has 3 aromatic rings. The Morgan fingerprint density at radius 2 is 1.80 bits per heavy atom. The molecule has 8 heteroatoms. The van der Waals surface area contributed by atoms with Gasteiger partial charge in [0, 0.05) is 6.04 Å². The van der Waals surface area contributed by atoms with Crippen LogP contribution >= 0.6 is 0 Å². The van der Waals surface area contributed by atoms with Gasteiger partial charge in [-0.3, -0.25) is 0 Å². The summed E-state index contributed by atoms with van der Waals surface area (Å²) in [5.74, 6) is 0.193. The summed E-state index contributed by atoms with van der Waals surface area (Å²) in [6.45, 7) is 3.49. The van der Waals surface area contributed by atoms with Crippen LogP contribution in [0.25, 0.3) is 11.1 Å². The van der Waals surface area contributed by atoms with E-state index < -0.39 is 28.6 Å². The highest BCUT2D eigenvalue weighted by molar-refractivity contribution is 7.89. The van der Waals surface area contributed by atoms with Crippen molar-refractivity contribution in [1.29, 1.82) is 0 Å². The number of fused-ring (bicyclic) bond motifs is 1. The highest BCUT2D eigenvalue weighted by atomic mass is 32.2. The van der Waals surface area contributed by atoms with E-state index in [1.54, 1.807) is 36.4 Å². The molecule has 0 aliphatic heterocycles. The SMILES string of the molecule is CC(C)Oc1cccc(-c2ccc(S(=O)(=O)N[C@@H]3CCCc4c(OCC(=O)O)cccc43)cc2)c1. The topological polar surface area (TPSA) is 102 Å². The number of rotatable bonds is 9. The molecule has 3 aromatic carbocycles. The second kappa shape index (κ2) is 10.5. The predicted molar refractivity (Wildman–Crippen MR) is 133 cm³/mol. The van der Waals surface area contributed by atoms with Gasteiger partial charge in [0.1, 0.15) is 11.5 Å². The second-order valence-corrected chi connectivity index (χ2v) is 10.5. The summed E-state index contributed by atoms with van der Waals surface area (Å²) in [4.78, 5) is 11.1. The Balaban J connectivity index is 1.53. The zero-order valence-electron chi connectivity index (χ0n) is 19.7. The minimum atomic E-state index is -3.77. The van der Waals surface area contributed by atoms with Crippen molar-refractivity contribution in [2.75, 3.05) is 6.61 Å². The van der Waals surface area contributed by atoms with Gasteiger partial charge < -0.3 is 14.6 Å². The van der Waals surface area contributed by atoms with E-state index in [9.17, 15) is 13.2 Å². The quantitative estimate of drug-likeness (QED) is 0.435. The lowest BCUT2D eigenvalue weighted by Gasteiger charge is -2.27. The Labute approximate surface area is 205 Å². The number of ether oxygens (including phenoxy) is 2. The summed E-state index contributed by atoms with van der Waals surface area (Å²) in [5.41, 5.74) is 3.50.